The first-order chi connectivity index (χ1) is 20.2. The van der Waals surface area contributed by atoms with Crippen molar-refractivity contribution < 1.29 is 19.2 Å². The van der Waals surface area contributed by atoms with Crippen molar-refractivity contribution in [1.29, 1.82) is 0 Å². The van der Waals surface area contributed by atoms with E-state index in [-0.39, 0.29) is 44.0 Å². The average molecular weight is 595 g/mol. The second-order valence-electron chi connectivity index (χ2n) is 11.7. The van der Waals surface area contributed by atoms with Crippen LogP contribution in [-0.4, -0.2) is 47.0 Å². The molecule has 3 amide bonds. The number of nitrogens with two attached hydrogens (primary N) is 1. The number of rotatable bonds is 12. The summed E-state index contributed by atoms with van der Waals surface area (Å²) in [6, 6.07) is 11.2. The van der Waals surface area contributed by atoms with Crippen LogP contribution in [-0.2, 0) is 32.1 Å². The highest BCUT2D eigenvalue weighted by Crippen LogP contribution is 2.28. The summed E-state index contributed by atoms with van der Waals surface area (Å²) in [7, 11) is 0. The molecule has 9 heteroatoms. The highest BCUT2D eigenvalue weighted by Gasteiger charge is 2.36. The maximum absolute atomic E-state index is 13.7. The van der Waals surface area contributed by atoms with Crippen LogP contribution in [0.5, 0.6) is 0 Å². The Morgan fingerprint density at radius 3 is 2.45 bits per heavy atom. The number of Topliss-reactive ketones (excluding diaryl/α,β-unsaturated/α-hetero) is 1. The van der Waals surface area contributed by atoms with Gasteiger partial charge in [-0.3, -0.25) is 19.2 Å². The van der Waals surface area contributed by atoms with Crippen LogP contribution in [0.15, 0.2) is 42.5 Å². The number of hydrogen-bond acceptors (Lipinski definition) is 5. The summed E-state index contributed by atoms with van der Waals surface area (Å²) in [5.74, 6) is -0.320. The first-order valence-electron chi connectivity index (χ1n) is 15.2. The molecule has 0 bridgehead atoms. The largest absolute Gasteiger partial charge is 0.342 e. The minimum Gasteiger partial charge on any atom is -0.342 e. The quantitative estimate of drug-likeness (QED) is 0.316. The van der Waals surface area contributed by atoms with Crippen LogP contribution in [0, 0.1) is 12.8 Å². The van der Waals surface area contributed by atoms with Crippen LogP contribution >= 0.6 is 11.6 Å². The summed E-state index contributed by atoms with van der Waals surface area (Å²) in [4.78, 5) is 54.5. The van der Waals surface area contributed by atoms with E-state index in [1.54, 1.807) is 23.1 Å². The van der Waals surface area contributed by atoms with Gasteiger partial charge in [-0.15, -0.1) is 0 Å². The number of nitrogens with zero attached hydrogens (tertiary/aromatic N) is 1. The summed E-state index contributed by atoms with van der Waals surface area (Å²) >= 11 is 6.11. The van der Waals surface area contributed by atoms with Crippen LogP contribution in [0.1, 0.15) is 80.9 Å². The Morgan fingerprint density at radius 2 is 1.74 bits per heavy atom. The number of amides is 3. The highest BCUT2D eigenvalue weighted by molar-refractivity contribution is 6.31. The fraction of sp³-hybridized carbons (Fsp3) is 0.515. The van der Waals surface area contributed by atoms with Gasteiger partial charge in [0.05, 0.1) is 0 Å². The predicted molar refractivity (Wildman–Crippen MR) is 165 cm³/mol. The summed E-state index contributed by atoms with van der Waals surface area (Å²) in [6.07, 6.45) is 8.37. The molecule has 1 aliphatic heterocycles. The van der Waals surface area contributed by atoms with E-state index in [0.717, 1.165) is 23.1 Å². The average Bonchev–Trinajstić information content (AvgIpc) is 3.00. The molecule has 0 saturated heterocycles. The maximum Gasteiger partial charge on any atom is 0.246 e. The van der Waals surface area contributed by atoms with Gasteiger partial charge in [0.1, 0.15) is 17.9 Å². The van der Waals surface area contributed by atoms with Crippen molar-refractivity contribution in [2.45, 2.75) is 96.2 Å². The van der Waals surface area contributed by atoms with Crippen molar-refractivity contribution >= 4 is 40.8 Å². The normalized spacial score (nSPS) is 17.7. The smallest absolute Gasteiger partial charge is 0.246 e. The molecule has 1 saturated carbocycles. The third kappa shape index (κ3) is 8.65. The van der Waals surface area contributed by atoms with E-state index in [2.05, 4.69) is 10.6 Å². The fourth-order valence-electron chi connectivity index (χ4n) is 6.03. The van der Waals surface area contributed by atoms with Gasteiger partial charge in [-0.2, -0.15) is 0 Å². The fourth-order valence-corrected chi connectivity index (χ4v) is 6.15. The van der Waals surface area contributed by atoms with E-state index in [1.165, 1.54) is 32.1 Å². The van der Waals surface area contributed by atoms with Gasteiger partial charge in [-0.05, 0) is 67.1 Å². The number of nitrogens with one attached hydrogen (secondary N) is 2. The summed E-state index contributed by atoms with van der Waals surface area (Å²) < 4.78 is 0. The first-order valence-corrected chi connectivity index (χ1v) is 15.6. The molecule has 0 unspecified atom stereocenters. The van der Waals surface area contributed by atoms with Gasteiger partial charge >= 0.3 is 0 Å². The molecule has 2 atom stereocenters. The Bertz CT molecular complexity index is 1280. The number of carbonyl (C=O) groups excluding carboxylic acids is 4. The van der Waals surface area contributed by atoms with Gasteiger partial charge in [-0.25, -0.2) is 0 Å². The minimum absolute atomic E-state index is 0.0675. The standard InChI is InChI=1S/C33H43ClN4O4/c1-22-19-26(12-15-28(22)34)36-32(41)29(17-18-35)37-33(42)30-20-24-9-5-6-10-25(24)21-38(30)31(40)16-14-27(39)13-11-23-7-3-2-4-8-23/h5-6,9-10,12,15,19,23,29-30H,2-4,7-8,11,13-14,16-18,20-21,35H2,1H3,(H,36,41)(H,37,42)/t29-,30-/m0/s1. The lowest BCUT2D eigenvalue weighted by Gasteiger charge is -2.36. The number of fused-ring (bicyclic) bond motifs is 1. The van der Waals surface area contributed by atoms with Crippen LogP contribution in [0.3, 0.4) is 0 Å². The SMILES string of the molecule is Cc1cc(NC(=O)[C@H](CCN)NC(=O)[C@@H]2Cc3ccccc3CN2C(=O)CCC(=O)CCC2CCCCC2)ccc1Cl. The Kier molecular flexibility index (Phi) is 11.5. The topological polar surface area (TPSA) is 122 Å². The van der Waals surface area contributed by atoms with Crippen molar-refractivity contribution in [2.24, 2.45) is 11.7 Å². The van der Waals surface area contributed by atoms with Crippen molar-refractivity contribution in [3.8, 4) is 0 Å². The number of benzene rings is 2. The number of halogens is 1. The first kappa shape index (κ1) is 31.7. The zero-order valence-electron chi connectivity index (χ0n) is 24.5. The van der Waals surface area contributed by atoms with Crippen molar-refractivity contribution in [1.82, 2.24) is 10.2 Å². The Morgan fingerprint density at radius 1 is 1.00 bits per heavy atom. The molecule has 4 N–H and O–H groups in total. The summed E-state index contributed by atoms with van der Waals surface area (Å²) in [5, 5.41) is 6.28. The van der Waals surface area contributed by atoms with E-state index in [1.807, 2.05) is 31.2 Å². The van der Waals surface area contributed by atoms with Crippen molar-refractivity contribution in [3.63, 3.8) is 0 Å². The van der Waals surface area contributed by atoms with E-state index in [0.29, 0.717) is 29.5 Å². The van der Waals surface area contributed by atoms with Gasteiger partial charge in [0.15, 0.2) is 0 Å². The van der Waals surface area contributed by atoms with E-state index < -0.39 is 23.9 Å². The number of anilines is 1. The molecular formula is C33H43ClN4O4. The lowest BCUT2D eigenvalue weighted by Crippen LogP contribution is -2.56. The Balaban J connectivity index is 1.41. The predicted octanol–water partition coefficient (Wildman–Crippen LogP) is 5.08. The van der Waals surface area contributed by atoms with Crippen molar-refractivity contribution in [2.75, 3.05) is 11.9 Å². The molecule has 8 nitrogen and oxygen atoms in total. The van der Waals surface area contributed by atoms with Gasteiger partial charge in [-0.1, -0.05) is 68.0 Å². The van der Waals surface area contributed by atoms with Gasteiger partial charge in [0.25, 0.3) is 0 Å². The van der Waals surface area contributed by atoms with Crippen LogP contribution < -0.4 is 16.4 Å². The zero-order chi connectivity index (χ0) is 30.1. The minimum atomic E-state index is -0.881. The second-order valence-corrected chi connectivity index (χ2v) is 12.1. The number of aryl methyl sites for hydroxylation is 1. The summed E-state index contributed by atoms with van der Waals surface area (Å²) in [5.41, 5.74) is 9.14. The van der Waals surface area contributed by atoms with Crippen LogP contribution in [0.4, 0.5) is 5.69 Å². The summed E-state index contributed by atoms with van der Waals surface area (Å²) in [6.45, 7) is 2.31. The molecular weight excluding hydrogens is 552 g/mol. The molecule has 2 aromatic rings. The molecule has 4 rings (SSSR count). The highest BCUT2D eigenvalue weighted by atomic mass is 35.5. The molecule has 42 heavy (non-hydrogen) atoms. The molecule has 1 heterocycles. The van der Waals surface area contributed by atoms with Crippen LogP contribution in [0.25, 0.3) is 0 Å². The number of ketones is 1. The zero-order valence-corrected chi connectivity index (χ0v) is 25.3. The Labute approximate surface area is 253 Å². The third-order valence-electron chi connectivity index (χ3n) is 8.56. The molecule has 2 aliphatic rings. The maximum atomic E-state index is 13.7. The molecule has 2 aromatic carbocycles. The molecule has 0 spiro atoms. The molecule has 226 valence electrons. The molecule has 0 radical (unpaired) electrons. The van der Waals surface area contributed by atoms with E-state index in [4.69, 9.17) is 17.3 Å². The third-order valence-corrected chi connectivity index (χ3v) is 8.98. The monoisotopic (exact) mass is 594 g/mol. The van der Waals surface area contributed by atoms with Crippen molar-refractivity contribution in [3.05, 3.63) is 64.2 Å². The van der Waals surface area contributed by atoms with Gasteiger partial charge in [0, 0.05) is 42.9 Å². The molecule has 0 aromatic heterocycles. The molecule has 1 fully saturated rings. The second kappa shape index (κ2) is 15.3. The van der Waals surface area contributed by atoms with E-state index >= 15 is 0 Å². The lowest BCUT2D eigenvalue weighted by molar-refractivity contribution is -0.143. The lowest BCUT2D eigenvalue weighted by atomic mass is 9.85. The van der Waals surface area contributed by atoms with Gasteiger partial charge < -0.3 is 21.3 Å². The van der Waals surface area contributed by atoms with Crippen LogP contribution in [0.2, 0.25) is 5.02 Å². The molecule has 1 aliphatic carbocycles. The van der Waals surface area contributed by atoms with Gasteiger partial charge in [0.2, 0.25) is 17.7 Å². The number of carbonyl (C=O) groups is 4. The number of hydrogen-bond donors (Lipinski definition) is 3. The van der Waals surface area contributed by atoms with E-state index in [9.17, 15) is 19.2 Å². The Hall–Kier alpha value is -3.23.